The van der Waals surface area contributed by atoms with Gasteiger partial charge >= 0.3 is 0 Å². The molecule has 1 heterocycles. The minimum Gasteiger partial charge on any atom is -0.339 e. The van der Waals surface area contributed by atoms with Crippen LogP contribution in [0.3, 0.4) is 0 Å². The highest BCUT2D eigenvalue weighted by Crippen LogP contribution is 2.17. The van der Waals surface area contributed by atoms with Gasteiger partial charge in [-0.1, -0.05) is 32.9 Å². The fraction of sp³-hybridized carbons (Fsp3) is 0.588. The lowest BCUT2D eigenvalue weighted by atomic mass is 10.0. The monoisotopic (exact) mass is 371 g/mol. The van der Waals surface area contributed by atoms with Gasteiger partial charge in [0.1, 0.15) is 16.8 Å². The van der Waals surface area contributed by atoms with Crippen molar-refractivity contribution in [1.82, 2.24) is 14.5 Å². The molecule has 1 N–H and O–H groups in total. The number of carbonyl (C=O) groups is 1. The number of benzene rings is 1. The Morgan fingerprint density at radius 1 is 1.20 bits per heavy atom. The van der Waals surface area contributed by atoms with Gasteiger partial charge in [0.2, 0.25) is 15.9 Å². The summed E-state index contributed by atoms with van der Waals surface area (Å²) in [7, 11) is -4.12. The molecule has 25 heavy (non-hydrogen) atoms. The van der Waals surface area contributed by atoms with E-state index in [0.29, 0.717) is 13.1 Å². The molecule has 0 bridgehead atoms. The number of nitrogens with one attached hydrogen (secondary N) is 1. The normalized spacial score (nSPS) is 17.7. The van der Waals surface area contributed by atoms with Gasteiger partial charge in [-0.2, -0.15) is 4.72 Å². The van der Waals surface area contributed by atoms with E-state index in [-0.39, 0.29) is 11.8 Å². The largest absolute Gasteiger partial charge is 0.339 e. The van der Waals surface area contributed by atoms with E-state index >= 15 is 0 Å². The molecular weight excluding hydrogens is 345 g/mol. The molecule has 6 nitrogen and oxygen atoms in total. The van der Waals surface area contributed by atoms with Gasteiger partial charge in [-0.3, -0.25) is 4.79 Å². The van der Waals surface area contributed by atoms with Crippen LogP contribution >= 0.6 is 0 Å². The van der Waals surface area contributed by atoms with Crippen molar-refractivity contribution in [2.45, 2.75) is 31.7 Å². The number of sulfonamides is 1. The molecule has 1 fully saturated rings. The van der Waals surface area contributed by atoms with Crippen LogP contribution in [0.4, 0.5) is 4.39 Å². The highest BCUT2D eigenvalue weighted by molar-refractivity contribution is 7.89. The molecule has 140 valence electrons. The molecule has 8 heteroatoms. The second-order valence-corrected chi connectivity index (χ2v) is 8.22. The maximum atomic E-state index is 13.9. The summed E-state index contributed by atoms with van der Waals surface area (Å²) >= 11 is 0. The fourth-order valence-electron chi connectivity index (χ4n) is 2.85. The smallest absolute Gasteiger partial charge is 0.244 e. The Morgan fingerprint density at radius 2 is 1.80 bits per heavy atom. The minimum atomic E-state index is -4.12. The third-order valence-electron chi connectivity index (χ3n) is 4.47. The number of rotatable bonds is 6. The SMILES string of the molecule is CCN1CCN(C(=O)C(NS(=O)(=O)c2ccccc2F)C(C)C)CC1. The molecule has 0 aromatic heterocycles. The Morgan fingerprint density at radius 3 is 2.32 bits per heavy atom. The number of amides is 1. The average molecular weight is 371 g/mol. The van der Waals surface area contributed by atoms with E-state index in [9.17, 15) is 17.6 Å². The maximum absolute atomic E-state index is 13.9. The standard InChI is InChI=1S/C17H26FN3O3S/c1-4-20-9-11-21(12-10-20)17(22)16(13(2)3)19-25(23,24)15-8-6-5-7-14(15)18/h5-8,13,16,19H,4,9-12H2,1-3H3. The highest BCUT2D eigenvalue weighted by Gasteiger charge is 2.33. The summed E-state index contributed by atoms with van der Waals surface area (Å²) in [6.07, 6.45) is 0. The predicted octanol–water partition coefficient (Wildman–Crippen LogP) is 1.29. The quantitative estimate of drug-likeness (QED) is 0.818. The third kappa shape index (κ3) is 4.77. The van der Waals surface area contributed by atoms with Crippen molar-refractivity contribution in [3.05, 3.63) is 30.1 Å². The minimum absolute atomic E-state index is 0.252. The van der Waals surface area contributed by atoms with Crippen molar-refractivity contribution in [2.24, 2.45) is 5.92 Å². The Labute approximate surface area is 149 Å². The molecule has 1 aromatic carbocycles. The van der Waals surface area contributed by atoms with Gasteiger partial charge in [0.25, 0.3) is 0 Å². The number of hydrogen-bond acceptors (Lipinski definition) is 4. The molecule has 0 aliphatic carbocycles. The summed E-state index contributed by atoms with van der Waals surface area (Å²) in [5, 5.41) is 0. The number of halogens is 1. The van der Waals surface area contributed by atoms with Crippen LogP contribution in [-0.2, 0) is 14.8 Å². The van der Waals surface area contributed by atoms with Crippen LogP contribution < -0.4 is 4.72 Å². The van der Waals surface area contributed by atoms with Gasteiger partial charge in [-0.15, -0.1) is 0 Å². The van der Waals surface area contributed by atoms with Crippen molar-refractivity contribution >= 4 is 15.9 Å². The summed E-state index contributed by atoms with van der Waals surface area (Å²) in [4.78, 5) is 16.3. The predicted molar refractivity (Wildman–Crippen MR) is 94.0 cm³/mol. The number of nitrogens with zero attached hydrogens (tertiary/aromatic N) is 2. The zero-order valence-electron chi connectivity index (χ0n) is 14.9. The maximum Gasteiger partial charge on any atom is 0.244 e. The zero-order valence-corrected chi connectivity index (χ0v) is 15.7. The van der Waals surface area contributed by atoms with Gasteiger partial charge in [0.15, 0.2) is 0 Å². The lowest BCUT2D eigenvalue weighted by Gasteiger charge is -2.36. The topological polar surface area (TPSA) is 69.7 Å². The number of piperazine rings is 1. The molecule has 0 saturated carbocycles. The average Bonchev–Trinajstić information content (AvgIpc) is 2.59. The first kappa shape index (κ1) is 19.8. The van der Waals surface area contributed by atoms with Crippen LogP contribution in [0.2, 0.25) is 0 Å². The van der Waals surface area contributed by atoms with E-state index in [1.165, 1.54) is 18.2 Å². The molecule has 1 amide bonds. The summed E-state index contributed by atoms with van der Waals surface area (Å²) in [6.45, 7) is 9.21. The summed E-state index contributed by atoms with van der Waals surface area (Å²) in [6, 6.07) is 4.24. The molecule has 1 aliphatic rings. The first-order chi connectivity index (χ1) is 11.8. The van der Waals surface area contributed by atoms with Crippen molar-refractivity contribution in [1.29, 1.82) is 0 Å². The van der Waals surface area contributed by atoms with Gasteiger partial charge in [0.05, 0.1) is 0 Å². The second kappa shape index (κ2) is 8.25. The molecule has 2 rings (SSSR count). The first-order valence-corrected chi connectivity index (χ1v) is 10.0. The zero-order chi connectivity index (χ0) is 18.6. The van der Waals surface area contributed by atoms with Crippen molar-refractivity contribution in [3.63, 3.8) is 0 Å². The van der Waals surface area contributed by atoms with Crippen molar-refractivity contribution in [3.8, 4) is 0 Å². The Bertz CT molecular complexity index is 701. The highest BCUT2D eigenvalue weighted by atomic mass is 32.2. The molecule has 0 spiro atoms. The third-order valence-corrected chi connectivity index (χ3v) is 5.95. The van der Waals surface area contributed by atoms with Crippen LogP contribution in [0.5, 0.6) is 0 Å². The summed E-state index contributed by atoms with van der Waals surface area (Å²) in [5.74, 6) is -1.34. The second-order valence-electron chi connectivity index (χ2n) is 6.53. The van der Waals surface area contributed by atoms with Gasteiger partial charge in [0, 0.05) is 26.2 Å². The van der Waals surface area contributed by atoms with Gasteiger partial charge < -0.3 is 9.80 Å². The first-order valence-electron chi connectivity index (χ1n) is 8.54. The summed E-state index contributed by atoms with van der Waals surface area (Å²) < 4.78 is 41.3. The molecule has 1 unspecified atom stereocenters. The van der Waals surface area contributed by atoms with E-state index in [2.05, 4.69) is 16.5 Å². The van der Waals surface area contributed by atoms with E-state index < -0.39 is 26.8 Å². The fourth-order valence-corrected chi connectivity index (χ4v) is 4.26. The number of carbonyl (C=O) groups excluding carboxylic acids is 1. The molecule has 1 aliphatic heterocycles. The van der Waals surface area contributed by atoms with Crippen LogP contribution in [-0.4, -0.2) is 62.9 Å². The molecule has 1 aromatic rings. The molecule has 1 atom stereocenters. The lowest BCUT2D eigenvalue weighted by Crippen LogP contribution is -2.56. The number of hydrogen-bond donors (Lipinski definition) is 1. The van der Waals surface area contributed by atoms with E-state index in [1.807, 2.05) is 0 Å². The van der Waals surface area contributed by atoms with E-state index in [1.54, 1.807) is 18.7 Å². The lowest BCUT2D eigenvalue weighted by molar-refractivity contribution is -0.135. The van der Waals surface area contributed by atoms with Crippen molar-refractivity contribution < 1.29 is 17.6 Å². The van der Waals surface area contributed by atoms with Crippen LogP contribution in [0, 0.1) is 11.7 Å². The van der Waals surface area contributed by atoms with Crippen LogP contribution in [0.1, 0.15) is 20.8 Å². The molecule has 0 radical (unpaired) electrons. The van der Waals surface area contributed by atoms with Crippen LogP contribution in [0.25, 0.3) is 0 Å². The van der Waals surface area contributed by atoms with Crippen LogP contribution in [0.15, 0.2) is 29.2 Å². The van der Waals surface area contributed by atoms with E-state index in [0.717, 1.165) is 25.7 Å². The van der Waals surface area contributed by atoms with Crippen molar-refractivity contribution in [2.75, 3.05) is 32.7 Å². The van der Waals surface area contributed by atoms with Gasteiger partial charge in [-0.25, -0.2) is 12.8 Å². The molecular formula is C17H26FN3O3S. The van der Waals surface area contributed by atoms with Gasteiger partial charge in [-0.05, 0) is 24.6 Å². The summed E-state index contributed by atoms with van der Waals surface area (Å²) in [5.41, 5.74) is 0. The van der Waals surface area contributed by atoms with E-state index in [4.69, 9.17) is 0 Å². The number of likely N-dealkylation sites (N-methyl/N-ethyl adjacent to an activating group) is 1. The molecule has 1 saturated heterocycles. The Kier molecular flexibility index (Phi) is 6.53. The Hall–Kier alpha value is -1.51. The Balaban J connectivity index is 2.16.